The van der Waals surface area contributed by atoms with Crippen molar-refractivity contribution in [2.45, 2.75) is 32.5 Å². The van der Waals surface area contributed by atoms with E-state index in [0.717, 1.165) is 23.7 Å². The summed E-state index contributed by atoms with van der Waals surface area (Å²) in [7, 11) is 0. The standard InChI is InChI=1S/C14H14F3N3OS/c1-3-11-12(22-20-19-11)13(21)18-8(2)9-5-4-6-10(7-9)14(15,16)17/h4-8H,3H2,1-2H3,(H,18,21)/t8-/m0/s1. The van der Waals surface area contributed by atoms with Crippen LogP contribution in [0, 0.1) is 0 Å². The van der Waals surface area contributed by atoms with E-state index in [1.54, 1.807) is 13.0 Å². The van der Waals surface area contributed by atoms with E-state index in [1.807, 2.05) is 6.92 Å². The summed E-state index contributed by atoms with van der Waals surface area (Å²) in [6.45, 7) is 3.48. The predicted octanol–water partition coefficient (Wildman–Crippen LogP) is 3.61. The van der Waals surface area contributed by atoms with Gasteiger partial charge in [-0.05, 0) is 42.6 Å². The summed E-state index contributed by atoms with van der Waals surface area (Å²) < 4.78 is 41.9. The van der Waals surface area contributed by atoms with E-state index in [2.05, 4.69) is 14.9 Å². The topological polar surface area (TPSA) is 54.9 Å². The molecule has 1 N–H and O–H groups in total. The number of amides is 1. The number of benzene rings is 1. The van der Waals surface area contributed by atoms with Gasteiger partial charge >= 0.3 is 6.18 Å². The van der Waals surface area contributed by atoms with Crippen molar-refractivity contribution in [3.8, 4) is 0 Å². The molecule has 0 fully saturated rings. The van der Waals surface area contributed by atoms with Crippen LogP contribution >= 0.6 is 11.5 Å². The molecule has 22 heavy (non-hydrogen) atoms. The van der Waals surface area contributed by atoms with Crippen molar-refractivity contribution in [2.75, 3.05) is 0 Å². The summed E-state index contributed by atoms with van der Waals surface area (Å²) in [6, 6.07) is 4.36. The predicted molar refractivity (Wildman–Crippen MR) is 76.6 cm³/mol. The number of aromatic nitrogens is 2. The largest absolute Gasteiger partial charge is 0.416 e. The Bertz CT molecular complexity index is 669. The molecule has 1 aromatic carbocycles. The van der Waals surface area contributed by atoms with Gasteiger partial charge in [0.25, 0.3) is 5.91 Å². The summed E-state index contributed by atoms with van der Waals surface area (Å²) in [5, 5.41) is 6.52. The van der Waals surface area contributed by atoms with E-state index in [4.69, 9.17) is 0 Å². The number of carbonyl (C=O) groups is 1. The van der Waals surface area contributed by atoms with E-state index in [-0.39, 0.29) is 5.91 Å². The second-order valence-corrected chi connectivity index (χ2v) is 5.47. The summed E-state index contributed by atoms with van der Waals surface area (Å²) in [4.78, 5) is 12.5. The number of hydrogen-bond donors (Lipinski definition) is 1. The number of alkyl halides is 3. The Hall–Kier alpha value is -1.96. The molecule has 1 atom stereocenters. The zero-order chi connectivity index (χ0) is 16.3. The van der Waals surface area contributed by atoms with Crippen molar-refractivity contribution in [1.29, 1.82) is 0 Å². The van der Waals surface area contributed by atoms with Crippen molar-refractivity contribution >= 4 is 17.4 Å². The highest BCUT2D eigenvalue weighted by atomic mass is 32.1. The van der Waals surface area contributed by atoms with E-state index in [9.17, 15) is 18.0 Å². The molecule has 0 radical (unpaired) electrons. The molecule has 1 amide bonds. The molecule has 0 unspecified atom stereocenters. The summed E-state index contributed by atoms with van der Waals surface area (Å²) in [6.07, 6.45) is -3.84. The molecule has 118 valence electrons. The first-order valence-electron chi connectivity index (χ1n) is 6.62. The summed E-state index contributed by atoms with van der Waals surface area (Å²) in [5.74, 6) is -0.378. The fraction of sp³-hybridized carbons (Fsp3) is 0.357. The maximum absolute atomic E-state index is 12.7. The van der Waals surface area contributed by atoms with Crippen LogP contribution in [0.1, 0.15) is 46.4 Å². The number of nitrogens with one attached hydrogen (secondary N) is 1. The fourth-order valence-electron chi connectivity index (χ4n) is 1.94. The molecule has 0 saturated heterocycles. The molecule has 2 rings (SSSR count). The number of halogens is 3. The van der Waals surface area contributed by atoms with Gasteiger partial charge in [0.05, 0.1) is 17.3 Å². The lowest BCUT2D eigenvalue weighted by atomic mass is 10.0. The molecule has 8 heteroatoms. The molecule has 0 aliphatic carbocycles. The maximum Gasteiger partial charge on any atom is 0.416 e. The van der Waals surface area contributed by atoms with Gasteiger partial charge in [-0.25, -0.2) is 0 Å². The zero-order valence-corrected chi connectivity index (χ0v) is 12.8. The van der Waals surface area contributed by atoms with Crippen LogP contribution in [-0.2, 0) is 12.6 Å². The lowest BCUT2D eigenvalue weighted by Crippen LogP contribution is -2.27. The van der Waals surface area contributed by atoms with Gasteiger partial charge < -0.3 is 5.32 Å². The monoisotopic (exact) mass is 329 g/mol. The maximum atomic E-state index is 12.7. The van der Waals surface area contributed by atoms with Crippen molar-refractivity contribution in [3.63, 3.8) is 0 Å². The van der Waals surface area contributed by atoms with Gasteiger partial charge in [0.2, 0.25) is 0 Å². The average molecular weight is 329 g/mol. The second-order valence-electron chi connectivity index (χ2n) is 4.72. The highest BCUT2D eigenvalue weighted by Gasteiger charge is 2.30. The van der Waals surface area contributed by atoms with Gasteiger partial charge in [0, 0.05) is 0 Å². The lowest BCUT2D eigenvalue weighted by molar-refractivity contribution is -0.137. The van der Waals surface area contributed by atoms with Crippen molar-refractivity contribution in [2.24, 2.45) is 0 Å². The molecule has 0 aliphatic heterocycles. The van der Waals surface area contributed by atoms with Gasteiger partial charge in [-0.15, -0.1) is 5.10 Å². The number of rotatable bonds is 4. The Morgan fingerprint density at radius 1 is 1.41 bits per heavy atom. The van der Waals surface area contributed by atoms with Crippen LogP contribution in [0.4, 0.5) is 13.2 Å². The van der Waals surface area contributed by atoms with Gasteiger partial charge in [0.15, 0.2) is 0 Å². The number of aryl methyl sites for hydroxylation is 1. The fourth-order valence-corrected chi connectivity index (χ4v) is 2.60. The minimum Gasteiger partial charge on any atom is -0.345 e. The van der Waals surface area contributed by atoms with E-state index >= 15 is 0 Å². The zero-order valence-electron chi connectivity index (χ0n) is 11.9. The molecule has 0 saturated carbocycles. The third-order valence-corrected chi connectivity index (χ3v) is 3.93. The molecule has 2 aromatic rings. The third-order valence-electron chi connectivity index (χ3n) is 3.16. The molecule has 1 heterocycles. The molecule has 1 aromatic heterocycles. The van der Waals surface area contributed by atoms with Gasteiger partial charge in [-0.1, -0.05) is 23.5 Å². The Kier molecular flexibility index (Phi) is 4.80. The van der Waals surface area contributed by atoms with Crippen LogP contribution in [0.5, 0.6) is 0 Å². The Labute approximate surface area is 129 Å². The van der Waals surface area contributed by atoms with Crippen LogP contribution in [-0.4, -0.2) is 15.5 Å². The van der Waals surface area contributed by atoms with Crippen molar-refractivity contribution in [3.05, 3.63) is 46.0 Å². The normalized spacial score (nSPS) is 13.0. The average Bonchev–Trinajstić information content (AvgIpc) is 2.95. The Morgan fingerprint density at radius 2 is 2.14 bits per heavy atom. The first-order chi connectivity index (χ1) is 10.3. The van der Waals surface area contributed by atoms with Crippen LogP contribution in [0.3, 0.4) is 0 Å². The highest BCUT2D eigenvalue weighted by molar-refractivity contribution is 7.08. The molecule has 0 bridgehead atoms. The van der Waals surface area contributed by atoms with Crippen LogP contribution < -0.4 is 5.32 Å². The van der Waals surface area contributed by atoms with Crippen LogP contribution in [0.25, 0.3) is 0 Å². The van der Waals surface area contributed by atoms with E-state index in [0.29, 0.717) is 22.6 Å². The molecular formula is C14H14F3N3OS. The number of nitrogens with zero attached hydrogens (tertiary/aromatic N) is 2. The SMILES string of the molecule is CCc1nnsc1C(=O)N[C@@H](C)c1cccc(C(F)(F)F)c1. The second kappa shape index (κ2) is 6.43. The van der Waals surface area contributed by atoms with Crippen LogP contribution in [0.2, 0.25) is 0 Å². The van der Waals surface area contributed by atoms with Gasteiger partial charge in [-0.3, -0.25) is 4.79 Å². The minimum absolute atomic E-state index is 0.378. The Balaban J connectivity index is 2.16. The Morgan fingerprint density at radius 3 is 2.77 bits per heavy atom. The van der Waals surface area contributed by atoms with Crippen LogP contribution in [0.15, 0.2) is 24.3 Å². The van der Waals surface area contributed by atoms with Gasteiger partial charge in [-0.2, -0.15) is 13.2 Å². The molecule has 0 spiro atoms. The number of hydrogen-bond acceptors (Lipinski definition) is 4. The summed E-state index contributed by atoms with van der Waals surface area (Å²) in [5.41, 5.74) is 0.234. The van der Waals surface area contributed by atoms with Gasteiger partial charge in [0.1, 0.15) is 4.88 Å². The molecule has 4 nitrogen and oxygen atoms in total. The first kappa shape index (κ1) is 16.4. The van der Waals surface area contributed by atoms with E-state index in [1.165, 1.54) is 6.07 Å². The molecule has 0 aliphatic rings. The highest BCUT2D eigenvalue weighted by Crippen LogP contribution is 2.30. The minimum atomic E-state index is -4.41. The molecular weight excluding hydrogens is 315 g/mol. The van der Waals surface area contributed by atoms with E-state index < -0.39 is 17.8 Å². The lowest BCUT2D eigenvalue weighted by Gasteiger charge is -2.16. The van der Waals surface area contributed by atoms with Crippen molar-refractivity contribution < 1.29 is 18.0 Å². The third kappa shape index (κ3) is 3.62. The first-order valence-corrected chi connectivity index (χ1v) is 7.39. The summed E-state index contributed by atoms with van der Waals surface area (Å²) >= 11 is 0.974. The number of carbonyl (C=O) groups excluding carboxylic acids is 1. The smallest absolute Gasteiger partial charge is 0.345 e. The van der Waals surface area contributed by atoms with Crippen molar-refractivity contribution in [1.82, 2.24) is 14.9 Å². The quantitative estimate of drug-likeness (QED) is 0.932.